The predicted octanol–water partition coefficient (Wildman–Crippen LogP) is 4.97. The highest BCUT2D eigenvalue weighted by molar-refractivity contribution is 9.10. The molecule has 102 valence electrons. The van der Waals surface area contributed by atoms with Crippen LogP contribution in [0.3, 0.4) is 0 Å². The van der Waals surface area contributed by atoms with Crippen LogP contribution in [0.1, 0.15) is 18.9 Å². The molecule has 1 heterocycles. The third-order valence-corrected chi connectivity index (χ3v) is 4.24. The van der Waals surface area contributed by atoms with Crippen molar-refractivity contribution in [3.63, 3.8) is 0 Å². The van der Waals surface area contributed by atoms with Crippen LogP contribution in [-0.4, -0.2) is 11.5 Å². The Morgan fingerprint density at radius 3 is 2.89 bits per heavy atom. The van der Waals surface area contributed by atoms with Gasteiger partial charge in [-0.15, -0.1) is 11.3 Å². The lowest BCUT2D eigenvalue weighted by Crippen LogP contribution is -2.18. The molecular formula is C14H16BrClN2S. The summed E-state index contributed by atoms with van der Waals surface area (Å²) in [6, 6.07) is 5.87. The molecule has 0 aliphatic heterocycles. The molecule has 2 rings (SSSR count). The number of nitrogens with zero attached hydrogens (tertiary/aromatic N) is 1. The Balaban J connectivity index is 2.08. The lowest BCUT2D eigenvalue weighted by atomic mass is 10.2. The van der Waals surface area contributed by atoms with Crippen molar-refractivity contribution in [2.45, 2.75) is 20.4 Å². The fourth-order valence-corrected chi connectivity index (χ4v) is 3.21. The van der Waals surface area contributed by atoms with Gasteiger partial charge < -0.3 is 5.32 Å². The van der Waals surface area contributed by atoms with E-state index in [1.165, 1.54) is 0 Å². The summed E-state index contributed by atoms with van der Waals surface area (Å²) < 4.78 is 0.982. The predicted molar refractivity (Wildman–Crippen MR) is 86.8 cm³/mol. The molecule has 5 heteroatoms. The third-order valence-electron chi connectivity index (χ3n) is 2.59. The van der Waals surface area contributed by atoms with Crippen LogP contribution in [-0.2, 0) is 6.54 Å². The Bertz CT molecular complexity index is 554. The van der Waals surface area contributed by atoms with Gasteiger partial charge in [0.1, 0.15) is 5.01 Å². The standard InChI is InChI=1S/C14H16BrClN2S/c1-9(2)6-17-7-14-18-13(8-19-14)11-4-3-10(15)5-12(11)16/h3-5,8-9,17H,6-7H2,1-2H3. The van der Waals surface area contributed by atoms with Crippen LogP contribution in [0.2, 0.25) is 5.02 Å². The van der Waals surface area contributed by atoms with E-state index < -0.39 is 0 Å². The number of nitrogens with one attached hydrogen (secondary N) is 1. The van der Waals surface area contributed by atoms with Crippen molar-refractivity contribution >= 4 is 38.9 Å². The molecule has 19 heavy (non-hydrogen) atoms. The summed E-state index contributed by atoms with van der Waals surface area (Å²) in [5.41, 5.74) is 1.93. The normalized spacial score (nSPS) is 11.2. The summed E-state index contributed by atoms with van der Waals surface area (Å²) in [4.78, 5) is 4.62. The van der Waals surface area contributed by atoms with E-state index in [9.17, 15) is 0 Å². The minimum atomic E-state index is 0.653. The molecule has 0 radical (unpaired) electrons. The van der Waals surface area contributed by atoms with Crippen LogP contribution in [0.15, 0.2) is 28.1 Å². The highest BCUT2D eigenvalue weighted by Crippen LogP contribution is 2.31. The Hall–Kier alpha value is -0.420. The second kappa shape index (κ2) is 6.84. The van der Waals surface area contributed by atoms with Crippen molar-refractivity contribution in [3.8, 4) is 11.3 Å². The second-order valence-electron chi connectivity index (χ2n) is 4.78. The lowest BCUT2D eigenvalue weighted by molar-refractivity contribution is 0.551. The molecular weight excluding hydrogens is 344 g/mol. The van der Waals surface area contributed by atoms with Crippen molar-refractivity contribution in [1.29, 1.82) is 0 Å². The maximum Gasteiger partial charge on any atom is 0.107 e. The number of hydrogen-bond donors (Lipinski definition) is 1. The minimum absolute atomic E-state index is 0.653. The maximum absolute atomic E-state index is 6.24. The Morgan fingerprint density at radius 2 is 2.21 bits per heavy atom. The van der Waals surface area contributed by atoms with Gasteiger partial charge in [0.05, 0.1) is 10.7 Å². The van der Waals surface area contributed by atoms with Gasteiger partial charge in [-0.3, -0.25) is 0 Å². The van der Waals surface area contributed by atoms with E-state index in [1.807, 2.05) is 18.2 Å². The SMILES string of the molecule is CC(C)CNCc1nc(-c2ccc(Br)cc2Cl)cs1. The zero-order valence-corrected chi connectivity index (χ0v) is 14.1. The molecule has 0 aliphatic carbocycles. The summed E-state index contributed by atoms with van der Waals surface area (Å²) in [5.74, 6) is 0.653. The van der Waals surface area contributed by atoms with Crippen LogP contribution in [0, 0.1) is 5.92 Å². The second-order valence-corrected chi connectivity index (χ2v) is 7.04. The first kappa shape index (κ1) is 15.0. The molecule has 1 aromatic carbocycles. The molecule has 0 unspecified atom stereocenters. The molecule has 2 nitrogen and oxygen atoms in total. The van der Waals surface area contributed by atoms with E-state index in [2.05, 4.69) is 45.5 Å². The molecule has 1 N–H and O–H groups in total. The molecule has 0 amide bonds. The van der Waals surface area contributed by atoms with Crippen molar-refractivity contribution in [2.24, 2.45) is 5.92 Å². The summed E-state index contributed by atoms with van der Waals surface area (Å²) >= 11 is 11.3. The van der Waals surface area contributed by atoms with E-state index in [0.29, 0.717) is 5.92 Å². The van der Waals surface area contributed by atoms with Gasteiger partial charge in [-0.1, -0.05) is 47.4 Å². The first-order valence-corrected chi connectivity index (χ1v) is 8.22. The number of rotatable bonds is 5. The topological polar surface area (TPSA) is 24.9 Å². The van der Waals surface area contributed by atoms with Crippen LogP contribution in [0.25, 0.3) is 11.3 Å². The van der Waals surface area contributed by atoms with Crippen molar-refractivity contribution in [3.05, 3.63) is 38.1 Å². The maximum atomic E-state index is 6.24. The zero-order valence-electron chi connectivity index (χ0n) is 10.9. The number of thiazole rings is 1. The summed E-state index contributed by atoms with van der Waals surface area (Å²) in [7, 11) is 0. The fraction of sp³-hybridized carbons (Fsp3) is 0.357. The Labute approximate surface area is 131 Å². The minimum Gasteiger partial charge on any atom is -0.310 e. The van der Waals surface area contributed by atoms with Gasteiger partial charge in [0.25, 0.3) is 0 Å². The Morgan fingerprint density at radius 1 is 1.42 bits per heavy atom. The van der Waals surface area contributed by atoms with Gasteiger partial charge in [-0.25, -0.2) is 4.98 Å². The molecule has 0 spiro atoms. The van der Waals surface area contributed by atoms with Gasteiger partial charge in [-0.05, 0) is 24.6 Å². The van der Waals surface area contributed by atoms with Crippen molar-refractivity contribution in [2.75, 3.05) is 6.54 Å². The van der Waals surface area contributed by atoms with E-state index >= 15 is 0 Å². The summed E-state index contributed by atoms with van der Waals surface area (Å²) in [6.45, 7) is 6.22. The summed E-state index contributed by atoms with van der Waals surface area (Å²) in [6.07, 6.45) is 0. The number of aromatic nitrogens is 1. The number of hydrogen-bond acceptors (Lipinski definition) is 3. The monoisotopic (exact) mass is 358 g/mol. The van der Waals surface area contributed by atoms with E-state index in [1.54, 1.807) is 11.3 Å². The highest BCUT2D eigenvalue weighted by Gasteiger charge is 2.08. The molecule has 0 atom stereocenters. The smallest absolute Gasteiger partial charge is 0.107 e. The highest BCUT2D eigenvalue weighted by atomic mass is 79.9. The third kappa shape index (κ3) is 4.28. The van der Waals surface area contributed by atoms with Gasteiger partial charge in [0.2, 0.25) is 0 Å². The quantitative estimate of drug-likeness (QED) is 0.815. The summed E-state index contributed by atoms with van der Waals surface area (Å²) in [5, 5.41) is 7.27. The van der Waals surface area contributed by atoms with Gasteiger partial charge >= 0.3 is 0 Å². The molecule has 0 saturated heterocycles. The molecule has 2 aromatic rings. The first-order chi connectivity index (χ1) is 9.06. The molecule has 0 saturated carbocycles. The molecule has 0 aliphatic rings. The van der Waals surface area contributed by atoms with Gasteiger partial charge in [-0.2, -0.15) is 0 Å². The molecule has 0 fully saturated rings. The van der Waals surface area contributed by atoms with Gasteiger partial charge in [0.15, 0.2) is 0 Å². The van der Waals surface area contributed by atoms with Crippen molar-refractivity contribution < 1.29 is 0 Å². The van der Waals surface area contributed by atoms with Crippen LogP contribution in [0.4, 0.5) is 0 Å². The van der Waals surface area contributed by atoms with Gasteiger partial charge in [0, 0.05) is 22.0 Å². The fourth-order valence-electron chi connectivity index (χ4n) is 1.68. The lowest BCUT2D eigenvalue weighted by Gasteiger charge is -2.04. The number of halogens is 2. The first-order valence-electron chi connectivity index (χ1n) is 6.17. The number of benzene rings is 1. The van der Waals surface area contributed by atoms with E-state index in [0.717, 1.165) is 38.8 Å². The zero-order chi connectivity index (χ0) is 13.8. The van der Waals surface area contributed by atoms with Crippen LogP contribution >= 0.6 is 38.9 Å². The average Bonchev–Trinajstić information content (AvgIpc) is 2.77. The Kier molecular flexibility index (Phi) is 5.39. The van der Waals surface area contributed by atoms with E-state index in [4.69, 9.17) is 11.6 Å². The molecule has 0 bridgehead atoms. The molecule has 1 aromatic heterocycles. The van der Waals surface area contributed by atoms with E-state index in [-0.39, 0.29) is 0 Å². The van der Waals surface area contributed by atoms with Crippen LogP contribution < -0.4 is 5.32 Å². The average molecular weight is 360 g/mol. The largest absolute Gasteiger partial charge is 0.310 e. The van der Waals surface area contributed by atoms with Crippen molar-refractivity contribution in [1.82, 2.24) is 10.3 Å². The van der Waals surface area contributed by atoms with Crippen LogP contribution in [0.5, 0.6) is 0 Å².